The van der Waals surface area contributed by atoms with Crippen molar-refractivity contribution in [1.29, 1.82) is 0 Å². The largest absolute Gasteiger partial charge is 0.465 e. The lowest BCUT2D eigenvalue weighted by molar-refractivity contribution is -0.153. The van der Waals surface area contributed by atoms with E-state index in [0.717, 1.165) is 25.7 Å². The summed E-state index contributed by atoms with van der Waals surface area (Å²) in [5.41, 5.74) is -0.557. The molecule has 4 atom stereocenters. The Balaban J connectivity index is 2.80. The van der Waals surface area contributed by atoms with Crippen LogP contribution in [0.5, 0.6) is 0 Å². The second-order valence-electron chi connectivity index (χ2n) is 6.40. The number of ether oxygens (including phenoxy) is 1. The smallest absolute Gasteiger partial charge is 0.326 e. The zero-order valence-electron chi connectivity index (χ0n) is 14.0. The summed E-state index contributed by atoms with van der Waals surface area (Å²) >= 11 is 1.80. The van der Waals surface area contributed by atoms with E-state index in [0.29, 0.717) is 11.9 Å². The molecule has 1 fully saturated rings. The molecule has 1 rings (SSSR count). The van der Waals surface area contributed by atoms with Gasteiger partial charge in [-0.1, -0.05) is 6.92 Å². The fraction of sp³-hybridized carbons (Fsp3) is 0.938. The molecule has 21 heavy (non-hydrogen) atoms. The minimum Gasteiger partial charge on any atom is -0.465 e. The van der Waals surface area contributed by atoms with E-state index in [1.807, 2.05) is 20.8 Å². The second-order valence-corrected chi connectivity index (χ2v) is 8.08. The van der Waals surface area contributed by atoms with E-state index >= 15 is 0 Å². The number of carbonyl (C=O) groups is 1. The van der Waals surface area contributed by atoms with Crippen molar-refractivity contribution in [1.82, 2.24) is 5.32 Å². The first-order valence-electron chi connectivity index (χ1n) is 8.09. The van der Waals surface area contributed by atoms with Crippen LogP contribution in [0.15, 0.2) is 0 Å². The van der Waals surface area contributed by atoms with Gasteiger partial charge in [0, 0.05) is 16.5 Å². The molecule has 0 heterocycles. The van der Waals surface area contributed by atoms with Crippen LogP contribution in [0.4, 0.5) is 0 Å². The van der Waals surface area contributed by atoms with Gasteiger partial charge in [-0.05, 0) is 53.4 Å². The molecule has 0 radical (unpaired) electrons. The van der Waals surface area contributed by atoms with Gasteiger partial charge in [0.05, 0.1) is 12.7 Å². The second kappa shape index (κ2) is 8.39. The normalized spacial score (nSPS) is 29.2. The van der Waals surface area contributed by atoms with Gasteiger partial charge in [-0.25, -0.2) is 0 Å². The average molecular weight is 317 g/mol. The van der Waals surface area contributed by atoms with Crippen LogP contribution < -0.4 is 5.32 Å². The highest BCUT2D eigenvalue weighted by Crippen LogP contribution is 2.38. The van der Waals surface area contributed by atoms with Crippen LogP contribution in [-0.4, -0.2) is 45.9 Å². The molecule has 0 aromatic heterocycles. The number of aliphatic hydroxyl groups is 1. The Morgan fingerprint density at radius 3 is 2.62 bits per heavy atom. The van der Waals surface area contributed by atoms with Crippen LogP contribution in [0, 0.1) is 0 Å². The van der Waals surface area contributed by atoms with E-state index < -0.39 is 5.54 Å². The summed E-state index contributed by atoms with van der Waals surface area (Å²) in [5, 5.41) is 13.7. The van der Waals surface area contributed by atoms with Crippen molar-refractivity contribution in [2.75, 3.05) is 6.61 Å². The number of hydrogen-bond acceptors (Lipinski definition) is 5. The summed E-state index contributed by atoms with van der Waals surface area (Å²) in [5.74, 6) is -0.117. The Morgan fingerprint density at radius 2 is 2.10 bits per heavy atom. The van der Waals surface area contributed by atoms with Crippen LogP contribution in [-0.2, 0) is 9.53 Å². The molecule has 4 unspecified atom stereocenters. The molecule has 1 aliphatic carbocycles. The quantitative estimate of drug-likeness (QED) is 0.707. The van der Waals surface area contributed by atoms with Crippen LogP contribution in [0.2, 0.25) is 0 Å². The number of carbonyl (C=O) groups excluding carboxylic acids is 1. The molecule has 4 nitrogen and oxygen atoms in total. The minimum atomic E-state index is -0.557. The zero-order chi connectivity index (χ0) is 16.0. The Kier molecular flexibility index (Phi) is 7.51. The van der Waals surface area contributed by atoms with Crippen molar-refractivity contribution in [3.05, 3.63) is 0 Å². The maximum Gasteiger partial charge on any atom is 0.326 e. The molecular formula is C16H31NO3S. The van der Waals surface area contributed by atoms with Crippen molar-refractivity contribution in [3.8, 4) is 0 Å². The lowest BCUT2D eigenvalue weighted by Gasteiger charge is -2.41. The maximum absolute atomic E-state index is 12.5. The molecule has 5 heteroatoms. The molecule has 0 aromatic carbocycles. The Bertz CT molecular complexity index is 335. The van der Waals surface area contributed by atoms with Gasteiger partial charge in [-0.3, -0.25) is 10.1 Å². The average Bonchev–Trinajstić information content (AvgIpc) is 2.38. The van der Waals surface area contributed by atoms with E-state index in [9.17, 15) is 9.90 Å². The highest BCUT2D eigenvalue weighted by Gasteiger charge is 2.44. The van der Waals surface area contributed by atoms with Crippen molar-refractivity contribution < 1.29 is 14.6 Å². The number of thioether (sulfide) groups is 1. The standard InChI is InChI=1S/C16H31NO3S/c1-6-20-15(19)16(17-11(2)3)9-7-8-14(10-16)21-13(5)12(4)18/h11-14,17-18H,6-10H2,1-5H3. The van der Waals surface area contributed by atoms with E-state index in [4.69, 9.17) is 4.74 Å². The van der Waals surface area contributed by atoms with Crippen LogP contribution in [0.25, 0.3) is 0 Å². The summed E-state index contributed by atoms with van der Waals surface area (Å²) in [7, 11) is 0. The predicted octanol–water partition coefficient (Wildman–Crippen LogP) is 2.73. The van der Waals surface area contributed by atoms with E-state index in [2.05, 4.69) is 19.2 Å². The van der Waals surface area contributed by atoms with E-state index in [1.54, 1.807) is 11.8 Å². The van der Waals surface area contributed by atoms with Gasteiger partial charge in [0.15, 0.2) is 0 Å². The molecule has 0 bridgehead atoms. The highest BCUT2D eigenvalue weighted by molar-refractivity contribution is 8.00. The maximum atomic E-state index is 12.5. The number of rotatable bonds is 7. The van der Waals surface area contributed by atoms with Gasteiger partial charge >= 0.3 is 5.97 Å². The monoisotopic (exact) mass is 317 g/mol. The lowest BCUT2D eigenvalue weighted by atomic mass is 9.80. The fourth-order valence-corrected chi connectivity index (χ4v) is 4.47. The molecular weight excluding hydrogens is 286 g/mol. The summed E-state index contributed by atoms with van der Waals surface area (Å²) in [4.78, 5) is 12.5. The van der Waals surface area contributed by atoms with Gasteiger partial charge in [0.25, 0.3) is 0 Å². The summed E-state index contributed by atoms with van der Waals surface area (Å²) in [6.45, 7) is 10.3. The molecule has 124 valence electrons. The Morgan fingerprint density at radius 1 is 1.43 bits per heavy atom. The third-order valence-corrected chi connectivity index (χ3v) is 5.63. The highest BCUT2D eigenvalue weighted by atomic mass is 32.2. The third-order valence-electron chi connectivity index (χ3n) is 4.02. The molecule has 0 saturated heterocycles. The topological polar surface area (TPSA) is 58.6 Å². The molecule has 0 aromatic rings. The van der Waals surface area contributed by atoms with E-state index in [-0.39, 0.29) is 23.4 Å². The van der Waals surface area contributed by atoms with Gasteiger partial charge < -0.3 is 9.84 Å². The van der Waals surface area contributed by atoms with Crippen molar-refractivity contribution in [2.45, 2.75) is 88.5 Å². The number of hydrogen-bond donors (Lipinski definition) is 2. The summed E-state index contributed by atoms with van der Waals surface area (Å²) in [6.07, 6.45) is 3.41. The lowest BCUT2D eigenvalue weighted by Crippen LogP contribution is -2.58. The van der Waals surface area contributed by atoms with Gasteiger partial charge in [-0.2, -0.15) is 11.8 Å². The van der Waals surface area contributed by atoms with Crippen LogP contribution >= 0.6 is 11.8 Å². The first kappa shape index (κ1) is 18.8. The van der Waals surface area contributed by atoms with Crippen molar-refractivity contribution >= 4 is 17.7 Å². The first-order valence-corrected chi connectivity index (χ1v) is 9.03. The molecule has 2 N–H and O–H groups in total. The van der Waals surface area contributed by atoms with Crippen molar-refractivity contribution in [3.63, 3.8) is 0 Å². The summed E-state index contributed by atoms with van der Waals surface area (Å²) < 4.78 is 5.33. The molecule has 0 spiro atoms. The zero-order valence-corrected chi connectivity index (χ0v) is 14.8. The van der Waals surface area contributed by atoms with Crippen LogP contribution in [0.3, 0.4) is 0 Å². The SMILES string of the molecule is CCOC(=O)C1(NC(C)C)CCCC(SC(C)C(C)O)C1. The Labute approximate surface area is 133 Å². The summed E-state index contributed by atoms with van der Waals surface area (Å²) in [6, 6.07) is 0.243. The number of esters is 1. The number of aliphatic hydroxyl groups excluding tert-OH is 1. The van der Waals surface area contributed by atoms with Gasteiger partial charge in [-0.15, -0.1) is 0 Å². The molecule has 1 saturated carbocycles. The van der Waals surface area contributed by atoms with Crippen LogP contribution in [0.1, 0.15) is 60.3 Å². The minimum absolute atomic E-state index is 0.117. The third kappa shape index (κ3) is 5.46. The molecule has 0 amide bonds. The molecule has 1 aliphatic rings. The van der Waals surface area contributed by atoms with Crippen molar-refractivity contribution in [2.24, 2.45) is 0 Å². The fourth-order valence-electron chi connectivity index (χ4n) is 2.95. The first-order chi connectivity index (χ1) is 9.80. The number of nitrogens with one attached hydrogen (secondary N) is 1. The van der Waals surface area contributed by atoms with Gasteiger partial charge in [0.2, 0.25) is 0 Å². The predicted molar refractivity (Wildman–Crippen MR) is 88.6 cm³/mol. The molecule has 0 aliphatic heterocycles. The van der Waals surface area contributed by atoms with Gasteiger partial charge in [0.1, 0.15) is 5.54 Å². The van der Waals surface area contributed by atoms with E-state index in [1.165, 1.54) is 0 Å². The Hall–Kier alpha value is -0.260.